The number of aliphatic hydroxyl groups is 2. The van der Waals surface area contributed by atoms with Crippen LogP contribution in [0.2, 0.25) is 0 Å². The topological polar surface area (TPSA) is 49.3 Å². The maximum Gasteiger partial charge on any atom is 0.103 e. The van der Waals surface area contributed by atoms with Gasteiger partial charge in [0.2, 0.25) is 0 Å². The summed E-state index contributed by atoms with van der Waals surface area (Å²) >= 11 is 0. The van der Waals surface area contributed by atoms with Crippen molar-refractivity contribution in [3.8, 4) is 0 Å². The van der Waals surface area contributed by atoms with Gasteiger partial charge < -0.3 is 54.0 Å². The molecular formula is C36H78Br2N2O2. The number of rotatable bonds is 33. The molecule has 0 amide bonds. The summed E-state index contributed by atoms with van der Waals surface area (Å²) in [5.74, 6) is 0. The Hall–Kier alpha value is 0.800. The number of quaternary nitrogens is 2. The van der Waals surface area contributed by atoms with Gasteiger partial charge in [0, 0.05) is 0 Å². The van der Waals surface area contributed by atoms with Crippen LogP contribution in [-0.2, 0) is 0 Å². The van der Waals surface area contributed by atoms with Crippen LogP contribution >= 0.6 is 0 Å². The van der Waals surface area contributed by atoms with Gasteiger partial charge >= 0.3 is 0 Å². The van der Waals surface area contributed by atoms with E-state index in [0.717, 1.165) is 13.1 Å². The molecular weight excluding hydrogens is 652 g/mol. The largest absolute Gasteiger partial charge is 1.00 e. The van der Waals surface area contributed by atoms with Crippen molar-refractivity contribution < 1.29 is 54.0 Å². The van der Waals surface area contributed by atoms with E-state index in [-0.39, 0.29) is 46.2 Å². The maximum absolute atomic E-state index is 9.98. The second-order valence-electron chi connectivity index (χ2n) is 13.4. The fourth-order valence-electron chi connectivity index (χ4n) is 6.32. The molecule has 0 rings (SSSR count). The third kappa shape index (κ3) is 37.0. The lowest BCUT2D eigenvalue weighted by Gasteiger charge is -2.22. The fourth-order valence-corrected chi connectivity index (χ4v) is 6.32. The van der Waals surface area contributed by atoms with Gasteiger partial charge in [0.15, 0.2) is 0 Å². The minimum atomic E-state index is -0.193. The molecule has 0 bridgehead atoms. The fraction of sp³-hybridized carbons (Fsp3) is 1.00. The van der Waals surface area contributed by atoms with E-state index in [1.165, 1.54) is 180 Å². The molecule has 4 atom stereocenters. The van der Waals surface area contributed by atoms with Gasteiger partial charge in [-0.15, -0.1) is 0 Å². The van der Waals surface area contributed by atoms with Crippen molar-refractivity contribution in [3.63, 3.8) is 0 Å². The van der Waals surface area contributed by atoms with Crippen molar-refractivity contribution in [2.75, 3.05) is 39.3 Å². The standard InChI is InChI=1S/C36H76N2O2.2BrH/c1-5-7-9-11-13-15-17-19-21-25-29-37(33-35(3)39)31-27-23-24-28-32-38(34-36(4)40)30-26-22-20-18-16-14-12-10-8-6-2;;/h35-36,39-40H,5-34H2,1-4H3;2*1H. The Morgan fingerprint density at radius 2 is 0.548 bits per heavy atom. The van der Waals surface area contributed by atoms with Crippen molar-refractivity contribution in [1.82, 2.24) is 0 Å². The highest BCUT2D eigenvalue weighted by Crippen LogP contribution is 2.11. The van der Waals surface area contributed by atoms with E-state index in [1.54, 1.807) is 9.80 Å². The number of hydrogen-bond acceptors (Lipinski definition) is 2. The third-order valence-electron chi connectivity index (χ3n) is 8.75. The Bertz CT molecular complexity index is 441. The first-order valence-corrected chi connectivity index (χ1v) is 18.5. The maximum atomic E-state index is 9.98. The number of nitrogens with one attached hydrogen (secondary N) is 2. The molecule has 0 radical (unpaired) electrons. The zero-order chi connectivity index (χ0) is 29.5. The molecule has 0 aliphatic carbocycles. The van der Waals surface area contributed by atoms with Gasteiger partial charge in [-0.2, -0.15) is 0 Å². The second kappa shape index (κ2) is 38.0. The van der Waals surface area contributed by atoms with E-state index in [0.29, 0.717) is 0 Å². The molecule has 0 aromatic rings. The van der Waals surface area contributed by atoms with Crippen molar-refractivity contribution in [1.29, 1.82) is 0 Å². The van der Waals surface area contributed by atoms with Crippen LogP contribution in [0.1, 0.15) is 182 Å². The number of unbranched alkanes of at least 4 members (excludes halogenated alkanes) is 21. The van der Waals surface area contributed by atoms with Gasteiger partial charge in [-0.25, -0.2) is 0 Å². The van der Waals surface area contributed by atoms with Gasteiger partial charge in [0.25, 0.3) is 0 Å². The molecule has 0 aromatic carbocycles. The van der Waals surface area contributed by atoms with Crippen LogP contribution in [0.5, 0.6) is 0 Å². The van der Waals surface area contributed by atoms with Gasteiger partial charge in [0.1, 0.15) is 25.3 Å². The van der Waals surface area contributed by atoms with E-state index in [1.807, 2.05) is 13.8 Å². The highest BCUT2D eigenvalue weighted by atomic mass is 79.9. The van der Waals surface area contributed by atoms with Crippen LogP contribution in [-0.4, -0.2) is 61.7 Å². The highest BCUT2D eigenvalue weighted by Gasteiger charge is 2.13. The summed E-state index contributed by atoms with van der Waals surface area (Å²) in [4.78, 5) is 3.22. The average molecular weight is 731 g/mol. The van der Waals surface area contributed by atoms with E-state index >= 15 is 0 Å². The molecule has 4 unspecified atom stereocenters. The molecule has 0 fully saturated rings. The van der Waals surface area contributed by atoms with Gasteiger partial charge in [-0.05, 0) is 65.2 Å². The molecule has 0 aliphatic rings. The van der Waals surface area contributed by atoms with Gasteiger partial charge in [0.05, 0.1) is 26.2 Å². The number of aliphatic hydroxyl groups excluding tert-OH is 2. The normalized spacial score (nSPS) is 14.1. The quantitative estimate of drug-likeness (QED) is 0.0761. The minimum Gasteiger partial charge on any atom is -1.00 e. The molecule has 258 valence electrons. The highest BCUT2D eigenvalue weighted by molar-refractivity contribution is 4.51. The predicted octanol–water partition coefficient (Wildman–Crippen LogP) is 0.928. The van der Waals surface area contributed by atoms with Gasteiger partial charge in [-0.3, -0.25) is 0 Å². The lowest BCUT2D eigenvalue weighted by atomic mass is 10.1. The molecule has 0 saturated carbocycles. The van der Waals surface area contributed by atoms with Crippen LogP contribution in [0.25, 0.3) is 0 Å². The molecule has 0 spiro atoms. The molecule has 4 N–H and O–H groups in total. The van der Waals surface area contributed by atoms with Crippen LogP contribution in [0.3, 0.4) is 0 Å². The molecule has 0 heterocycles. The first kappa shape index (κ1) is 47.2. The zero-order valence-corrected chi connectivity index (χ0v) is 32.2. The molecule has 0 aliphatic heterocycles. The second-order valence-corrected chi connectivity index (χ2v) is 13.4. The lowest BCUT2D eigenvalue weighted by Crippen LogP contribution is -3.13. The van der Waals surface area contributed by atoms with Crippen molar-refractivity contribution in [2.24, 2.45) is 0 Å². The summed E-state index contributed by atoms with van der Waals surface area (Å²) in [6.07, 6.45) is 32.6. The summed E-state index contributed by atoms with van der Waals surface area (Å²) in [6.45, 7) is 15.2. The van der Waals surface area contributed by atoms with Crippen molar-refractivity contribution in [2.45, 2.75) is 194 Å². The first-order chi connectivity index (χ1) is 19.5. The van der Waals surface area contributed by atoms with E-state index in [2.05, 4.69) is 13.8 Å². The summed E-state index contributed by atoms with van der Waals surface area (Å²) in [7, 11) is 0. The van der Waals surface area contributed by atoms with Gasteiger partial charge in [-0.1, -0.05) is 117 Å². The smallest absolute Gasteiger partial charge is 0.103 e. The monoisotopic (exact) mass is 728 g/mol. The molecule has 6 heteroatoms. The zero-order valence-electron chi connectivity index (χ0n) is 29.0. The first-order valence-electron chi connectivity index (χ1n) is 18.5. The predicted molar refractivity (Wildman–Crippen MR) is 177 cm³/mol. The Balaban J connectivity index is -0.00000760. The number of hydrogen-bond donors (Lipinski definition) is 4. The van der Waals surface area contributed by atoms with Crippen LogP contribution in [0.4, 0.5) is 0 Å². The summed E-state index contributed by atoms with van der Waals surface area (Å²) < 4.78 is 0. The van der Waals surface area contributed by atoms with Crippen LogP contribution in [0, 0.1) is 0 Å². The minimum absolute atomic E-state index is 0. The summed E-state index contributed by atoms with van der Waals surface area (Å²) in [6, 6.07) is 0. The van der Waals surface area contributed by atoms with Crippen molar-refractivity contribution in [3.05, 3.63) is 0 Å². The van der Waals surface area contributed by atoms with Crippen molar-refractivity contribution >= 4 is 0 Å². The van der Waals surface area contributed by atoms with E-state index in [9.17, 15) is 10.2 Å². The van der Waals surface area contributed by atoms with Crippen LogP contribution < -0.4 is 43.8 Å². The Morgan fingerprint density at radius 1 is 0.357 bits per heavy atom. The Kier molecular flexibility index (Phi) is 42.7. The number of halogens is 2. The third-order valence-corrected chi connectivity index (χ3v) is 8.75. The Morgan fingerprint density at radius 3 is 0.738 bits per heavy atom. The van der Waals surface area contributed by atoms with E-state index < -0.39 is 0 Å². The van der Waals surface area contributed by atoms with E-state index in [4.69, 9.17) is 0 Å². The molecule has 4 nitrogen and oxygen atoms in total. The van der Waals surface area contributed by atoms with Crippen LogP contribution in [0.15, 0.2) is 0 Å². The Labute approximate surface area is 286 Å². The summed E-state index contributed by atoms with van der Waals surface area (Å²) in [5.41, 5.74) is 0. The SMILES string of the molecule is CCCCCCCCCCCC[NH+](CCCCCC[NH+](CCCCCCCCCCCC)CC(C)O)CC(C)O.[Br-].[Br-]. The molecule has 0 saturated heterocycles. The lowest BCUT2D eigenvalue weighted by molar-refractivity contribution is -0.904. The average Bonchev–Trinajstić information content (AvgIpc) is 2.91. The molecule has 0 aromatic heterocycles. The molecule has 42 heavy (non-hydrogen) atoms. The summed E-state index contributed by atoms with van der Waals surface area (Å²) in [5, 5.41) is 20.0.